The standard InChI is InChI=1S/C35H59N2O25/c1-9-17(36-10(2)42)22(47)29(14(6-40)55-9)60-32-18(37-11(3)43)23(48)30(15(7-41)58-32)61-35-28(53)31(62-34-27(52)25(50)20(45)13(5-39)57-34)21(46)16(59-35)8-54-33-26(51)24(49)19(44)12(4-38)56-33/h9,12-35,38-41,44-53H,1,4-8H2,2-3H3,(H,36,42)(H,37,43)/t9-,12?,13?,14?,15?,16?,17?,18?,19+,20+,21+,22+,23+,24-,25?,26?,27?,28?,29+,30+,31-,32-,33-,34+,35-/m0/s1. The van der Waals surface area contributed by atoms with Gasteiger partial charge in [0.15, 0.2) is 25.2 Å². The SMILES string of the molecule is [CH2][C@@H]1OC(CO)[C@@H](O[C@@H]2OC(CO)[C@@H](O[C@@H]3OC(CO[C@H]4OC(CO)[C@@H](O)[C@H](O)C4O)[C@@H](O)[C@H](O[C@H]4OC(CO)[C@@H](O)C(O)C4O)C3O)[C@H](O)C2NC(C)=O)[C@H](O)C1NC(C)=O. The molecular weight excluding hydrogens is 848 g/mol. The lowest BCUT2D eigenvalue weighted by Crippen LogP contribution is -2.70. The molecule has 0 aliphatic carbocycles. The summed E-state index contributed by atoms with van der Waals surface area (Å²) in [6.45, 7) is 1.72. The number of aliphatic hydroxyl groups excluding tert-OH is 14. The van der Waals surface area contributed by atoms with Gasteiger partial charge in [0, 0.05) is 13.8 Å². The molecule has 27 heteroatoms. The van der Waals surface area contributed by atoms with E-state index in [0.717, 1.165) is 6.92 Å². The summed E-state index contributed by atoms with van der Waals surface area (Å²) in [6.07, 6.45) is -40.7. The van der Waals surface area contributed by atoms with E-state index < -0.39 is 198 Å². The molecule has 359 valence electrons. The summed E-state index contributed by atoms with van der Waals surface area (Å²) in [5.74, 6) is -1.34. The summed E-state index contributed by atoms with van der Waals surface area (Å²) >= 11 is 0. The zero-order valence-electron chi connectivity index (χ0n) is 33.4. The predicted octanol–water partition coefficient (Wildman–Crippen LogP) is -10.8. The van der Waals surface area contributed by atoms with Crippen molar-refractivity contribution in [2.24, 2.45) is 0 Å². The smallest absolute Gasteiger partial charge is 0.217 e. The highest BCUT2D eigenvalue weighted by molar-refractivity contribution is 5.73. The van der Waals surface area contributed by atoms with Gasteiger partial charge in [-0.3, -0.25) is 9.59 Å². The van der Waals surface area contributed by atoms with Gasteiger partial charge in [0.25, 0.3) is 0 Å². The van der Waals surface area contributed by atoms with Crippen molar-refractivity contribution in [3.8, 4) is 0 Å². The lowest BCUT2D eigenvalue weighted by Gasteiger charge is -2.50. The van der Waals surface area contributed by atoms with Gasteiger partial charge in [-0.05, 0) is 6.92 Å². The molecule has 0 aromatic rings. The molecule has 5 aliphatic heterocycles. The van der Waals surface area contributed by atoms with Crippen LogP contribution < -0.4 is 10.6 Å². The lowest BCUT2D eigenvalue weighted by atomic mass is 9.92. The number of hydrogen-bond donors (Lipinski definition) is 16. The van der Waals surface area contributed by atoms with E-state index in [1.807, 2.05) is 0 Å². The number of hydrogen-bond acceptors (Lipinski definition) is 25. The largest absolute Gasteiger partial charge is 0.394 e. The summed E-state index contributed by atoms with van der Waals surface area (Å²) in [5.41, 5.74) is 0. The van der Waals surface area contributed by atoms with E-state index >= 15 is 0 Å². The number of ether oxygens (including phenoxy) is 9. The summed E-state index contributed by atoms with van der Waals surface area (Å²) in [6, 6.07) is -2.81. The molecule has 5 rings (SSSR count). The number of carbonyl (C=O) groups is 2. The van der Waals surface area contributed by atoms with Crippen molar-refractivity contribution in [3.63, 3.8) is 0 Å². The Morgan fingerprint density at radius 1 is 0.452 bits per heavy atom. The van der Waals surface area contributed by atoms with Gasteiger partial charge in [-0.15, -0.1) is 0 Å². The highest BCUT2D eigenvalue weighted by Crippen LogP contribution is 2.35. The monoisotopic (exact) mass is 907 g/mol. The fourth-order valence-electron chi connectivity index (χ4n) is 7.85. The molecular formula is C35H59N2O25. The van der Waals surface area contributed by atoms with E-state index in [1.54, 1.807) is 0 Å². The minimum Gasteiger partial charge on any atom is -0.394 e. The zero-order chi connectivity index (χ0) is 45.9. The molecule has 0 saturated carbocycles. The maximum Gasteiger partial charge on any atom is 0.217 e. The molecule has 0 bridgehead atoms. The van der Waals surface area contributed by atoms with Crippen LogP contribution >= 0.6 is 0 Å². The third kappa shape index (κ3) is 11.0. The molecule has 0 aromatic carbocycles. The Hall–Kier alpha value is -1.98. The molecule has 2 amide bonds. The second-order valence-electron chi connectivity index (χ2n) is 15.6. The molecule has 62 heavy (non-hydrogen) atoms. The van der Waals surface area contributed by atoms with Crippen LogP contribution in [0.2, 0.25) is 0 Å². The van der Waals surface area contributed by atoms with Crippen molar-refractivity contribution >= 4 is 11.8 Å². The third-order valence-electron chi connectivity index (χ3n) is 11.2. The van der Waals surface area contributed by atoms with Gasteiger partial charge in [-0.1, -0.05) is 0 Å². The summed E-state index contributed by atoms with van der Waals surface area (Å²) in [5, 5.41) is 153. The van der Waals surface area contributed by atoms with Crippen LogP contribution in [0.5, 0.6) is 0 Å². The van der Waals surface area contributed by atoms with Gasteiger partial charge < -0.3 is 125 Å². The maximum atomic E-state index is 12.5. The first-order chi connectivity index (χ1) is 29.3. The van der Waals surface area contributed by atoms with E-state index in [1.165, 1.54) is 6.92 Å². The fourth-order valence-corrected chi connectivity index (χ4v) is 7.85. The van der Waals surface area contributed by atoms with Gasteiger partial charge in [-0.25, -0.2) is 0 Å². The minimum atomic E-state index is -2.17. The Morgan fingerprint density at radius 2 is 0.855 bits per heavy atom. The maximum absolute atomic E-state index is 12.5. The highest BCUT2D eigenvalue weighted by atomic mass is 16.8. The number of aliphatic hydroxyl groups is 14. The molecule has 5 aliphatic rings. The fraction of sp³-hybridized carbons (Fsp3) is 0.914. The Balaban J connectivity index is 1.41. The van der Waals surface area contributed by atoms with Crippen LogP contribution in [0.15, 0.2) is 0 Å². The second kappa shape index (κ2) is 22.0. The van der Waals surface area contributed by atoms with Crippen molar-refractivity contribution in [2.75, 3.05) is 33.0 Å². The lowest BCUT2D eigenvalue weighted by molar-refractivity contribution is -0.383. The quantitative estimate of drug-likeness (QED) is 0.0725. The number of nitrogens with one attached hydrogen (secondary N) is 2. The van der Waals surface area contributed by atoms with Crippen LogP contribution in [0, 0.1) is 6.92 Å². The molecule has 5 heterocycles. The Kier molecular flexibility index (Phi) is 18.1. The molecule has 0 spiro atoms. The average molecular weight is 908 g/mol. The number of carbonyl (C=O) groups excluding carboxylic acids is 2. The van der Waals surface area contributed by atoms with E-state index in [4.69, 9.17) is 42.6 Å². The molecule has 0 aromatic heterocycles. The zero-order valence-corrected chi connectivity index (χ0v) is 33.4. The van der Waals surface area contributed by atoms with Crippen molar-refractivity contribution in [1.29, 1.82) is 0 Å². The van der Waals surface area contributed by atoms with E-state index in [-0.39, 0.29) is 0 Å². The molecule has 1 radical (unpaired) electrons. The van der Waals surface area contributed by atoms with Crippen molar-refractivity contribution < 1.29 is 124 Å². The van der Waals surface area contributed by atoms with Crippen LogP contribution in [-0.4, -0.2) is 270 Å². The van der Waals surface area contributed by atoms with Gasteiger partial charge in [0.05, 0.1) is 45.2 Å². The van der Waals surface area contributed by atoms with Crippen molar-refractivity contribution in [1.82, 2.24) is 10.6 Å². The summed E-state index contributed by atoms with van der Waals surface area (Å²) < 4.78 is 51.4. The van der Waals surface area contributed by atoms with Gasteiger partial charge >= 0.3 is 0 Å². The molecule has 27 nitrogen and oxygen atoms in total. The number of amides is 2. The minimum absolute atomic E-state index is 0.573. The number of rotatable bonds is 15. The van der Waals surface area contributed by atoms with Crippen LogP contribution in [0.3, 0.4) is 0 Å². The Bertz CT molecular complexity index is 1440. The summed E-state index contributed by atoms with van der Waals surface area (Å²) in [4.78, 5) is 24.3. The second-order valence-corrected chi connectivity index (χ2v) is 15.6. The molecule has 16 N–H and O–H groups in total. The van der Waals surface area contributed by atoms with Crippen LogP contribution in [-0.2, 0) is 52.2 Å². The Labute approximate surface area is 353 Å². The van der Waals surface area contributed by atoms with E-state index in [0.29, 0.717) is 0 Å². The Morgan fingerprint density at radius 3 is 1.39 bits per heavy atom. The van der Waals surface area contributed by atoms with Gasteiger partial charge in [0.2, 0.25) is 11.8 Å². The molecule has 5 fully saturated rings. The first-order valence-corrected chi connectivity index (χ1v) is 19.7. The average Bonchev–Trinajstić information content (AvgIpc) is 3.23. The van der Waals surface area contributed by atoms with Crippen LogP contribution in [0.25, 0.3) is 0 Å². The van der Waals surface area contributed by atoms with Gasteiger partial charge in [-0.2, -0.15) is 0 Å². The molecule has 5 saturated heterocycles. The van der Waals surface area contributed by atoms with Gasteiger partial charge in [0.1, 0.15) is 116 Å². The van der Waals surface area contributed by atoms with E-state index in [2.05, 4.69) is 17.6 Å². The third-order valence-corrected chi connectivity index (χ3v) is 11.2. The summed E-state index contributed by atoms with van der Waals surface area (Å²) in [7, 11) is 0. The van der Waals surface area contributed by atoms with E-state index in [9.17, 15) is 81.1 Å². The predicted molar refractivity (Wildman–Crippen MR) is 193 cm³/mol. The highest BCUT2D eigenvalue weighted by Gasteiger charge is 2.56. The first-order valence-electron chi connectivity index (χ1n) is 19.7. The van der Waals surface area contributed by atoms with Crippen LogP contribution in [0.1, 0.15) is 13.8 Å². The normalized spacial score (nSPS) is 49.0. The van der Waals surface area contributed by atoms with Crippen molar-refractivity contribution in [3.05, 3.63) is 6.92 Å². The topological polar surface area (TPSA) is 424 Å². The first kappa shape index (κ1) is 51.0. The van der Waals surface area contributed by atoms with Crippen molar-refractivity contribution in [2.45, 2.75) is 167 Å². The van der Waals surface area contributed by atoms with Crippen LogP contribution in [0.4, 0.5) is 0 Å². The molecule has 25 atom stereocenters. The molecule has 11 unspecified atom stereocenters.